The second-order valence-corrected chi connectivity index (χ2v) is 7.29. The van der Waals surface area contributed by atoms with Gasteiger partial charge in [0, 0.05) is 27.4 Å². The molecule has 0 unspecified atom stereocenters. The Balaban J connectivity index is 0.000000199. The molecular formula is C17H17Br2N3O5. The molecule has 2 N–H and O–H groups in total. The van der Waals surface area contributed by atoms with Crippen molar-refractivity contribution in [2.45, 2.75) is 18.9 Å². The van der Waals surface area contributed by atoms with Gasteiger partial charge in [-0.05, 0) is 56.8 Å². The lowest BCUT2D eigenvalue weighted by Gasteiger charge is -2.07. The number of hydrogen-bond donors (Lipinski definition) is 2. The van der Waals surface area contributed by atoms with Gasteiger partial charge in [-0.1, -0.05) is 0 Å². The van der Waals surface area contributed by atoms with Crippen LogP contribution in [0.2, 0.25) is 0 Å². The summed E-state index contributed by atoms with van der Waals surface area (Å²) in [5, 5.41) is 11.5. The van der Waals surface area contributed by atoms with E-state index in [-0.39, 0.29) is 17.4 Å². The molecule has 1 fully saturated rings. The first-order valence-corrected chi connectivity index (χ1v) is 9.37. The van der Waals surface area contributed by atoms with Crippen LogP contribution in [0.25, 0.3) is 0 Å². The standard InChI is InChI=1S/C10H11BrN2O2.C7H6BrNO3/c1-15-8-4-6(11)5-12-9(8)10(14)13-7-2-3-7;1-12-5-2-4(8)3-9-6(5)7(10)11/h4-5,7H,2-3H2,1H3,(H,13,14);2-3H,1H3,(H,10,11). The molecule has 0 bridgehead atoms. The molecule has 1 aliphatic rings. The largest absolute Gasteiger partial charge is 0.494 e. The fourth-order valence-corrected chi connectivity index (χ4v) is 2.59. The number of nitrogens with one attached hydrogen (secondary N) is 1. The topological polar surface area (TPSA) is 111 Å². The maximum absolute atomic E-state index is 11.7. The Morgan fingerprint density at radius 2 is 1.52 bits per heavy atom. The predicted octanol–water partition coefficient (Wildman–Crippen LogP) is 3.30. The average Bonchev–Trinajstić information content (AvgIpc) is 3.45. The van der Waals surface area contributed by atoms with E-state index < -0.39 is 5.97 Å². The number of carboxylic acid groups (broad SMARTS) is 1. The highest BCUT2D eigenvalue weighted by Crippen LogP contribution is 2.23. The summed E-state index contributed by atoms with van der Waals surface area (Å²) in [5.74, 6) is -0.527. The van der Waals surface area contributed by atoms with Crippen LogP contribution in [0.3, 0.4) is 0 Å². The van der Waals surface area contributed by atoms with Gasteiger partial charge in [-0.25, -0.2) is 14.8 Å². The summed E-state index contributed by atoms with van der Waals surface area (Å²) in [6.45, 7) is 0. The van der Waals surface area contributed by atoms with E-state index in [4.69, 9.17) is 14.6 Å². The summed E-state index contributed by atoms with van der Waals surface area (Å²) in [5.41, 5.74) is 0.258. The Morgan fingerprint density at radius 1 is 1.04 bits per heavy atom. The summed E-state index contributed by atoms with van der Waals surface area (Å²) in [6.07, 6.45) is 5.12. The summed E-state index contributed by atoms with van der Waals surface area (Å²) in [4.78, 5) is 30.0. The molecule has 0 atom stereocenters. The van der Waals surface area contributed by atoms with Crippen LogP contribution in [0, 0.1) is 0 Å². The number of carboxylic acids is 1. The van der Waals surface area contributed by atoms with Gasteiger partial charge >= 0.3 is 5.97 Å². The number of carbonyl (C=O) groups excluding carboxylic acids is 1. The summed E-state index contributed by atoms with van der Waals surface area (Å²) >= 11 is 6.43. The van der Waals surface area contributed by atoms with E-state index in [1.807, 2.05) is 0 Å². The second-order valence-electron chi connectivity index (χ2n) is 5.46. The molecule has 0 spiro atoms. The number of halogens is 2. The summed E-state index contributed by atoms with van der Waals surface area (Å²) < 4.78 is 11.4. The molecule has 0 radical (unpaired) electrons. The molecule has 2 heterocycles. The summed E-state index contributed by atoms with van der Waals surface area (Å²) in [6, 6.07) is 3.61. The van der Waals surface area contributed by atoms with Crippen LogP contribution in [0.15, 0.2) is 33.5 Å². The molecular weight excluding hydrogens is 486 g/mol. The van der Waals surface area contributed by atoms with E-state index in [1.54, 1.807) is 18.3 Å². The molecule has 0 aliphatic heterocycles. The van der Waals surface area contributed by atoms with Crippen LogP contribution < -0.4 is 14.8 Å². The highest BCUT2D eigenvalue weighted by molar-refractivity contribution is 9.10. The first-order valence-electron chi connectivity index (χ1n) is 7.79. The summed E-state index contributed by atoms with van der Waals surface area (Å²) in [7, 11) is 2.92. The third-order valence-corrected chi connectivity index (χ3v) is 4.28. The fraction of sp³-hybridized carbons (Fsp3) is 0.294. The van der Waals surface area contributed by atoms with Crippen molar-refractivity contribution < 1.29 is 24.2 Å². The van der Waals surface area contributed by atoms with Crippen molar-refractivity contribution in [3.05, 3.63) is 44.9 Å². The van der Waals surface area contributed by atoms with Crippen LogP contribution in [-0.2, 0) is 0 Å². The van der Waals surface area contributed by atoms with Crippen molar-refractivity contribution in [1.29, 1.82) is 0 Å². The highest BCUT2D eigenvalue weighted by Gasteiger charge is 2.25. The van der Waals surface area contributed by atoms with Gasteiger partial charge in [0.25, 0.3) is 5.91 Å². The van der Waals surface area contributed by atoms with Crippen molar-refractivity contribution >= 4 is 43.7 Å². The number of pyridine rings is 2. The Labute approximate surface area is 172 Å². The lowest BCUT2D eigenvalue weighted by Crippen LogP contribution is -2.26. The molecule has 1 saturated carbocycles. The van der Waals surface area contributed by atoms with Gasteiger partial charge in [0.15, 0.2) is 22.9 Å². The minimum absolute atomic E-state index is 0.0827. The molecule has 3 rings (SSSR count). The molecule has 1 amide bonds. The van der Waals surface area contributed by atoms with Crippen molar-refractivity contribution in [2.75, 3.05) is 14.2 Å². The van der Waals surface area contributed by atoms with Crippen molar-refractivity contribution in [3.8, 4) is 11.5 Å². The number of hydrogen-bond acceptors (Lipinski definition) is 6. The molecule has 27 heavy (non-hydrogen) atoms. The zero-order valence-corrected chi connectivity index (χ0v) is 17.7. The van der Waals surface area contributed by atoms with Crippen molar-refractivity contribution in [2.24, 2.45) is 0 Å². The minimum atomic E-state index is -1.10. The number of amides is 1. The third-order valence-electron chi connectivity index (χ3n) is 3.41. The molecule has 144 valence electrons. The van der Waals surface area contributed by atoms with Crippen LogP contribution in [0.5, 0.6) is 11.5 Å². The predicted molar refractivity (Wildman–Crippen MR) is 104 cm³/mol. The number of aromatic nitrogens is 2. The maximum atomic E-state index is 11.7. The van der Waals surface area contributed by atoms with Gasteiger partial charge in [-0.15, -0.1) is 0 Å². The van der Waals surface area contributed by atoms with Gasteiger partial charge in [-0.3, -0.25) is 4.79 Å². The monoisotopic (exact) mass is 501 g/mol. The van der Waals surface area contributed by atoms with E-state index in [0.717, 1.165) is 17.3 Å². The Kier molecular flexibility index (Phi) is 7.55. The average molecular weight is 503 g/mol. The molecule has 2 aromatic heterocycles. The second kappa shape index (κ2) is 9.65. The number of carbonyl (C=O) groups is 2. The lowest BCUT2D eigenvalue weighted by molar-refractivity contribution is 0.0686. The number of methoxy groups -OCH3 is 2. The van der Waals surface area contributed by atoms with Crippen LogP contribution in [0.1, 0.15) is 33.8 Å². The fourth-order valence-electron chi connectivity index (χ4n) is 1.97. The lowest BCUT2D eigenvalue weighted by atomic mass is 10.3. The van der Waals surface area contributed by atoms with E-state index in [0.29, 0.717) is 22.0 Å². The smallest absolute Gasteiger partial charge is 0.358 e. The minimum Gasteiger partial charge on any atom is -0.494 e. The molecule has 0 aromatic carbocycles. The van der Waals surface area contributed by atoms with Crippen LogP contribution in [-0.4, -0.2) is 47.2 Å². The quantitative estimate of drug-likeness (QED) is 0.645. The normalized spacial score (nSPS) is 12.4. The molecule has 10 heteroatoms. The number of nitrogens with zero attached hydrogens (tertiary/aromatic N) is 2. The van der Waals surface area contributed by atoms with Crippen molar-refractivity contribution in [1.82, 2.24) is 15.3 Å². The van der Waals surface area contributed by atoms with Gasteiger partial charge in [-0.2, -0.15) is 0 Å². The molecule has 2 aromatic rings. The first kappa shape index (κ1) is 21.1. The third kappa shape index (κ3) is 6.17. The van der Waals surface area contributed by atoms with E-state index in [2.05, 4.69) is 47.1 Å². The Hall–Kier alpha value is -2.20. The Morgan fingerprint density at radius 3 is 1.96 bits per heavy atom. The van der Waals surface area contributed by atoms with Gasteiger partial charge in [0.2, 0.25) is 0 Å². The van der Waals surface area contributed by atoms with Crippen LogP contribution in [0.4, 0.5) is 0 Å². The van der Waals surface area contributed by atoms with E-state index in [9.17, 15) is 9.59 Å². The maximum Gasteiger partial charge on any atom is 0.358 e. The van der Waals surface area contributed by atoms with Gasteiger partial charge in [0.05, 0.1) is 14.2 Å². The SMILES string of the molecule is COc1cc(Br)cnc1C(=O)NC1CC1.COc1cc(Br)cnc1C(=O)O. The molecule has 0 saturated heterocycles. The van der Waals surface area contributed by atoms with Crippen molar-refractivity contribution in [3.63, 3.8) is 0 Å². The number of ether oxygens (including phenoxy) is 2. The van der Waals surface area contributed by atoms with Crippen LogP contribution >= 0.6 is 31.9 Å². The Bertz CT molecular complexity index is 843. The highest BCUT2D eigenvalue weighted by atomic mass is 79.9. The number of aromatic carboxylic acids is 1. The van der Waals surface area contributed by atoms with E-state index >= 15 is 0 Å². The zero-order chi connectivity index (χ0) is 20.0. The number of rotatable bonds is 5. The van der Waals surface area contributed by atoms with Gasteiger partial charge < -0.3 is 19.9 Å². The van der Waals surface area contributed by atoms with Gasteiger partial charge in [0.1, 0.15) is 0 Å². The molecule has 8 nitrogen and oxygen atoms in total. The molecule has 1 aliphatic carbocycles. The first-order chi connectivity index (χ1) is 12.8. The van der Waals surface area contributed by atoms with E-state index in [1.165, 1.54) is 20.4 Å². The zero-order valence-electron chi connectivity index (χ0n) is 14.5.